The number of fused-ring (bicyclic) bond motifs is 1. The van der Waals surface area contributed by atoms with E-state index in [0.717, 1.165) is 18.5 Å². The van der Waals surface area contributed by atoms with E-state index in [-0.39, 0.29) is 12.0 Å². The Morgan fingerprint density at radius 1 is 1.12 bits per heavy atom. The second-order valence-electron chi connectivity index (χ2n) is 6.69. The monoisotopic (exact) mass is 351 g/mol. The predicted molar refractivity (Wildman–Crippen MR) is 103 cm³/mol. The minimum atomic E-state index is 0.0287. The van der Waals surface area contributed by atoms with E-state index in [1.807, 2.05) is 49.1 Å². The van der Waals surface area contributed by atoms with Crippen LogP contribution < -0.4 is 9.47 Å². The first-order valence-corrected chi connectivity index (χ1v) is 8.95. The Morgan fingerprint density at radius 2 is 1.88 bits per heavy atom. The molecule has 0 fully saturated rings. The summed E-state index contributed by atoms with van der Waals surface area (Å²) < 4.78 is 11.1. The van der Waals surface area contributed by atoms with Crippen molar-refractivity contribution in [2.75, 3.05) is 13.7 Å². The number of nitrogens with zero attached hydrogens (tertiary/aromatic N) is 1. The number of ether oxygens (including phenoxy) is 2. The summed E-state index contributed by atoms with van der Waals surface area (Å²) in [5.41, 5.74) is 3.48. The van der Waals surface area contributed by atoms with E-state index in [0.29, 0.717) is 18.0 Å². The molecule has 1 aliphatic heterocycles. The second-order valence-corrected chi connectivity index (χ2v) is 6.69. The van der Waals surface area contributed by atoms with Crippen molar-refractivity contribution in [1.82, 2.24) is 4.90 Å². The van der Waals surface area contributed by atoms with Crippen LogP contribution in [-0.4, -0.2) is 30.6 Å². The average Bonchev–Trinajstić information content (AvgIpc) is 2.66. The van der Waals surface area contributed by atoms with Crippen LogP contribution in [0.25, 0.3) is 6.08 Å². The zero-order valence-corrected chi connectivity index (χ0v) is 15.6. The molecule has 0 saturated heterocycles. The molecule has 1 amide bonds. The van der Waals surface area contributed by atoms with E-state index in [1.165, 1.54) is 11.1 Å². The summed E-state index contributed by atoms with van der Waals surface area (Å²) in [6, 6.07) is 14.0. The smallest absolute Gasteiger partial charge is 0.246 e. The Bertz CT molecular complexity index is 811. The molecule has 0 saturated carbocycles. The molecular weight excluding hydrogens is 326 g/mol. The van der Waals surface area contributed by atoms with Gasteiger partial charge in [0.1, 0.15) is 0 Å². The zero-order valence-electron chi connectivity index (χ0n) is 15.6. The molecule has 1 aliphatic rings. The van der Waals surface area contributed by atoms with Crippen molar-refractivity contribution in [2.24, 2.45) is 0 Å². The van der Waals surface area contributed by atoms with Crippen molar-refractivity contribution < 1.29 is 14.3 Å². The minimum Gasteiger partial charge on any atom is -0.493 e. The fourth-order valence-electron chi connectivity index (χ4n) is 3.10. The standard InChI is InChI=1S/C22H25NO3/c1-16(2)26-20-10-8-17(14-21(20)25-3)9-11-22(24)23-13-12-18-6-4-5-7-19(18)15-23/h4-11,14,16H,12-13,15H2,1-3H3/b11-9+. The van der Waals surface area contributed by atoms with Crippen LogP contribution in [0.5, 0.6) is 11.5 Å². The lowest BCUT2D eigenvalue weighted by Gasteiger charge is -2.27. The molecule has 0 aromatic heterocycles. The first-order valence-electron chi connectivity index (χ1n) is 8.95. The molecule has 4 heteroatoms. The number of carbonyl (C=O) groups is 1. The van der Waals surface area contributed by atoms with Gasteiger partial charge in [-0.25, -0.2) is 0 Å². The normalized spacial score (nSPS) is 13.8. The van der Waals surface area contributed by atoms with E-state index >= 15 is 0 Å². The lowest BCUT2D eigenvalue weighted by atomic mass is 10.00. The highest BCUT2D eigenvalue weighted by Crippen LogP contribution is 2.29. The van der Waals surface area contributed by atoms with Crippen molar-refractivity contribution in [3.63, 3.8) is 0 Å². The minimum absolute atomic E-state index is 0.0287. The van der Waals surface area contributed by atoms with Gasteiger partial charge in [-0.1, -0.05) is 30.3 Å². The summed E-state index contributed by atoms with van der Waals surface area (Å²) >= 11 is 0. The molecule has 2 aromatic rings. The van der Waals surface area contributed by atoms with Crippen LogP contribution in [0.3, 0.4) is 0 Å². The number of methoxy groups -OCH3 is 1. The Balaban J connectivity index is 1.69. The maximum Gasteiger partial charge on any atom is 0.246 e. The fourth-order valence-corrected chi connectivity index (χ4v) is 3.10. The molecule has 26 heavy (non-hydrogen) atoms. The number of hydrogen-bond acceptors (Lipinski definition) is 3. The highest BCUT2D eigenvalue weighted by Gasteiger charge is 2.18. The van der Waals surface area contributed by atoms with Crippen LogP contribution in [0.1, 0.15) is 30.5 Å². The van der Waals surface area contributed by atoms with Crippen molar-refractivity contribution in [2.45, 2.75) is 32.9 Å². The molecule has 4 nitrogen and oxygen atoms in total. The summed E-state index contributed by atoms with van der Waals surface area (Å²) in [5, 5.41) is 0. The number of carbonyl (C=O) groups excluding carboxylic acids is 1. The Morgan fingerprint density at radius 3 is 2.62 bits per heavy atom. The Hall–Kier alpha value is -2.75. The van der Waals surface area contributed by atoms with Crippen LogP contribution >= 0.6 is 0 Å². The van der Waals surface area contributed by atoms with Gasteiger partial charge in [-0.05, 0) is 55.2 Å². The van der Waals surface area contributed by atoms with E-state index in [4.69, 9.17) is 9.47 Å². The van der Waals surface area contributed by atoms with Gasteiger partial charge in [-0.3, -0.25) is 4.79 Å². The summed E-state index contributed by atoms with van der Waals surface area (Å²) in [6.07, 6.45) is 4.44. The lowest BCUT2D eigenvalue weighted by Crippen LogP contribution is -2.34. The molecule has 0 spiro atoms. The highest BCUT2D eigenvalue weighted by atomic mass is 16.5. The summed E-state index contributed by atoms with van der Waals surface area (Å²) in [4.78, 5) is 14.4. The van der Waals surface area contributed by atoms with E-state index in [1.54, 1.807) is 13.2 Å². The lowest BCUT2D eigenvalue weighted by molar-refractivity contribution is -0.126. The number of benzene rings is 2. The fraction of sp³-hybridized carbons (Fsp3) is 0.318. The van der Waals surface area contributed by atoms with E-state index in [2.05, 4.69) is 18.2 Å². The van der Waals surface area contributed by atoms with Gasteiger partial charge in [-0.2, -0.15) is 0 Å². The van der Waals surface area contributed by atoms with Crippen LogP contribution in [0.2, 0.25) is 0 Å². The molecular formula is C22H25NO3. The van der Waals surface area contributed by atoms with Gasteiger partial charge in [-0.15, -0.1) is 0 Å². The van der Waals surface area contributed by atoms with Gasteiger partial charge < -0.3 is 14.4 Å². The molecule has 136 valence electrons. The molecule has 0 atom stereocenters. The third-order valence-electron chi connectivity index (χ3n) is 4.41. The molecule has 1 heterocycles. The highest BCUT2D eigenvalue weighted by molar-refractivity contribution is 5.92. The first-order chi connectivity index (χ1) is 12.6. The van der Waals surface area contributed by atoms with E-state index in [9.17, 15) is 4.79 Å². The maximum atomic E-state index is 12.5. The SMILES string of the molecule is COc1cc(/C=C/C(=O)N2CCc3ccccc3C2)ccc1OC(C)C. The molecule has 0 aliphatic carbocycles. The van der Waals surface area contributed by atoms with Gasteiger partial charge in [0, 0.05) is 19.2 Å². The van der Waals surface area contributed by atoms with Crippen LogP contribution in [0.4, 0.5) is 0 Å². The maximum absolute atomic E-state index is 12.5. The van der Waals surface area contributed by atoms with Gasteiger partial charge >= 0.3 is 0 Å². The summed E-state index contributed by atoms with van der Waals surface area (Å²) in [6.45, 7) is 5.37. The molecule has 0 bridgehead atoms. The Labute approximate surface area is 155 Å². The van der Waals surface area contributed by atoms with Crippen molar-refractivity contribution in [1.29, 1.82) is 0 Å². The Kier molecular flexibility index (Phi) is 5.61. The van der Waals surface area contributed by atoms with Crippen LogP contribution in [0, 0.1) is 0 Å². The topological polar surface area (TPSA) is 38.8 Å². The third kappa shape index (κ3) is 4.26. The number of hydrogen-bond donors (Lipinski definition) is 0. The van der Waals surface area contributed by atoms with Crippen LogP contribution in [0.15, 0.2) is 48.5 Å². The second kappa shape index (κ2) is 8.09. The molecule has 3 rings (SSSR count). The molecule has 2 aromatic carbocycles. The molecule has 0 unspecified atom stereocenters. The number of amides is 1. The van der Waals surface area contributed by atoms with Gasteiger partial charge in [0.2, 0.25) is 5.91 Å². The van der Waals surface area contributed by atoms with Crippen molar-refractivity contribution in [3.05, 3.63) is 65.2 Å². The molecule has 0 radical (unpaired) electrons. The largest absolute Gasteiger partial charge is 0.493 e. The first kappa shape index (κ1) is 18.1. The predicted octanol–water partition coefficient (Wildman–Crippen LogP) is 4.08. The quantitative estimate of drug-likeness (QED) is 0.762. The van der Waals surface area contributed by atoms with E-state index < -0.39 is 0 Å². The van der Waals surface area contributed by atoms with Crippen molar-refractivity contribution in [3.8, 4) is 11.5 Å². The third-order valence-corrected chi connectivity index (χ3v) is 4.41. The van der Waals surface area contributed by atoms with Gasteiger partial charge in [0.15, 0.2) is 11.5 Å². The summed E-state index contributed by atoms with van der Waals surface area (Å²) in [5.74, 6) is 1.40. The van der Waals surface area contributed by atoms with Gasteiger partial charge in [0.25, 0.3) is 0 Å². The average molecular weight is 351 g/mol. The van der Waals surface area contributed by atoms with Gasteiger partial charge in [0.05, 0.1) is 13.2 Å². The van der Waals surface area contributed by atoms with Crippen molar-refractivity contribution >= 4 is 12.0 Å². The summed E-state index contributed by atoms with van der Waals surface area (Å²) in [7, 11) is 1.62. The molecule has 0 N–H and O–H groups in total. The van der Waals surface area contributed by atoms with Crippen LogP contribution in [-0.2, 0) is 17.8 Å². The zero-order chi connectivity index (χ0) is 18.5. The number of rotatable bonds is 5.